The Labute approximate surface area is 149 Å². The number of rotatable bonds is 7. The van der Waals surface area contributed by atoms with Gasteiger partial charge in [0.25, 0.3) is 0 Å². The Hall–Kier alpha value is -1.14. The summed E-state index contributed by atoms with van der Waals surface area (Å²) in [7, 11) is 1.85. The smallest absolute Gasteiger partial charge is 0.221 e. The Morgan fingerprint density at radius 2 is 2.08 bits per heavy atom. The highest BCUT2D eigenvalue weighted by Crippen LogP contribution is 2.27. The maximum atomic E-state index is 12.0. The van der Waals surface area contributed by atoms with Gasteiger partial charge in [-0.3, -0.25) is 9.69 Å². The standard InChI is InChI=1S/C18H28ClN3O2/c1-18(2)13-22(10-11-24-18)16(12-21-17(23)8-9-20-3)14-4-6-15(19)7-5-14/h4-7,16,20H,8-13H2,1-3H3,(H,21,23). The van der Waals surface area contributed by atoms with Gasteiger partial charge in [0.05, 0.1) is 18.2 Å². The van der Waals surface area contributed by atoms with Crippen LogP contribution in [-0.2, 0) is 9.53 Å². The minimum atomic E-state index is -0.181. The minimum absolute atomic E-state index is 0.0656. The summed E-state index contributed by atoms with van der Waals surface area (Å²) in [5.74, 6) is 0.0656. The molecule has 134 valence electrons. The number of hydrogen-bond acceptors (Lipinski definition) is 4. The number of morpholine rings is 1. The topological polar surface area (TPSA) is 53.6 Å². The predicted octanol–water partition coefficient (Wildman–Crippen LogP) is 2.22. The zero-order chi connectivity index (χ0) is 17.6. The molecule has 0 spiro atoms. The van der Waals surface area contributed by atoms with Gasteiger partial charge in [-0.1, -0.05) is 23.7 Å². The molecule has 2 N–H and O–H groups in total. The monoisotopic (exact) mass is 353 g/mol. The zero-order valence-electron chi connectivity index (χ0n) is 14.8. The van der Waals surface area contributed by atoms with Crippen LogP contribution >= 0.6 is 11.6 Å². The molecule has 0 saturated carbocycles. The van der Waals surface area contributed by atoms with Gasteiger partial charge in [0.1, 0.15) is 0 Å². The third-order valence-corrected chi connectivity index (χ3v) is 4.50. The molecule has 0 radical (unpaired) electrons. The molecule has 5 nitrogen and oxygen atoms in total. The van der Waals surface area contributed by atoms with E-state index in [1.165, 1.54) is 0 Å². The minimum Gasteiger partial charge on any atom is -0.373 e. The van der Waals surface area contributed by atoms with E-state index >= 15 is 0 Å². The van der Waals surface area contributed by atoms with Crippen molar-refractivity contribution in [3.05, 3.63) is 34.9 Å². The molecule has 1 unspecified atom stereocenters. The van der Waals surface area contributed by atoms with Gasteiger partial charge in [-0.05, 0) is 38.6 Å². The van der Waals surface area contributed by atoms with Crippen LogP contribution in [0.5, 0.6) is 0 Å². The third-order valence-electron chi connectivity index (χ3n) is 4.25. The predicted molar refractivity (Wildman–Crippen MR) is 97.4 cm³/mol. The molecule has 0 bridgehead atoms. The average Bonchev–Trinajstić information content (AvgIpc) is 2.54. The van der Waals surface area contributed by atoms with Crippen molar-refractivity contribution in [2.24, 2.45) is 0 Å². The van der Waals surface area contributed by atoms with Gasteiger partial charge in [-0.15, -0.1) is 0 Å². The lowest BCUT2D eigenvalue weighted by Gasteiger charge is -2.42. The summed E-state index contributed by atoms with van der Waals surface area (Å²) in [4.78, 5) is 14.4. The maximum Gasteiger partial charge on any atom is 0.221 e. The van der Waals surface area contributed by atoms with Crippen LogP contribution in [-0.4, -0.2) is 56.2 Å². The van der Waals surface area contributed by atoms with E-state index in [9.17, 15) is 4.79 Å². The quantitative estimate of drug-likeness (QED) is 0.789. The van der Waals surface area contributed by atoms with Crippen LogP contribution in [0.1, 0.15) is 31.9 Å². The fourth-order valence-corrected chi connectivity index (χ4v) is 3.13. The molecule has 1 amide bonds. The number of carbonyl (C=O) groups is 1. The van der Waals surface area contributed by atoms with Crippen LogP contribution in [0.2, 0.25) is 5.02 Å². The Morgan fingerprint density at radius 1 is 1.38 bits per heavy atom. The van der Waals surface area contributed by atoms with Crippen molar-refractivity contribution in [2.45, 2.75) is 31.9 Å². The number of nitrogens with zero attached hydrogens (tertiary/aromatic N) is 1. The van der Waals surface area contributed by atoms with Gasteiger partial charge in [0.15, 0.2) is 0 Å². The van der Waals surface area contributed by atoms with Gasteiger partial charge in [-0.2, -0.15) is 0 Å². The summed E-state index contributed by atoms with van der Waals surface area (Å²) < 4.78 is 5.82. The zero-order valence-corrected chi connectivity index (χ0v) is 15.5. The summed E-state index contributed by atoms with van der Waals surface area (Å²) in [5.41, 5.74) is 0.977. The summed E-state index contributed by atoms with van der Waals surface area (Å²) in [6.07, 6.45) is 0.485. The molecule has 2 rings (SSSR count). The molecule has 1 fully saturated rings. The van der Waals surface area contributed by atoms with Crippen molar-refractivity contribution in [2.75, 3.05) is 39.8 Å². The van der Waals surface area contributed by atoms with Gasteiger partial charge in [0, 0.05) is 37.6 Å². The molecular formula is C18H28ClN3O2. The normalized spacial score (nSPS) is 19.0. The van der Waals surface area contributed by atoms with Gasteiger partial charge < -0.3 is 15.4 Å². The Kier molecular flexibility index (Phi) is 7.04. The summed E-state index contributed by atoms with van der Waals surface area (Å²) in [6.45, 7) is 7.84. The molecule has 6 heteroatoms. The van der Waals surface area contributed by atoms with Crippen molar-refractivity contribution < 1.29 is 9.53 Å². The fourth-order valence-electron chi connectivity index (χ4n) is 3.00. The second-order valence-electron chi connectivity index (χ2n) is 6.80. The third kappa shape index (κ3) is 5.74. The van der Waals surface area contributed by atoms with E-state index in [1.807, 2.05) is 31.3 Å². The van der Waals surface area contributed by atoms with Crippen molar-refractivity contribution in [1.29, 1.82) is 0 Å². The van der Waals surface area contributed by atoms with Crippen LogP contribution in [0, 0.1) is 0 Å². The van der Waals surface area contributed by atoms with E-state index in [-0.39, 0.29) is 17.6 Å². The second-order valence-corrected chi connectivity index (χ2v) is 7.24. The molecule has 1 saturated heterocycles. The molecule has 24 heavy (non-hydrogen) atoms. The molecule has 1 heterocycles. The Balaban J connectivity index is 2.09. The molecule has 0 aromatic heterocycles. The van der Waals surface area contributed by atoms with E-state index in [0.717, 1.165) is 23.7 Å². The van der Waals surface area contributed by atoms with Crippen LogP contribution in [0.4, 0.5) is 0 Å². The number of carbonyl (C=O) groups excluding carboxylic acids is 1. The van der Waals surface area contributed by atoms with Crippen molar-refractivity contribution in [1.82, 2.24) is 15.5 Å². The number of benzene rings is 1. The van der Waals surface area contributed by atoms with Crippen LogP contribution in [0.15, 0.2) is 24.3 Å². The van der Waals surface area contributed by atoms with E-state index in [1.54, 1.807) is 0 Å². The van der Waals surface area contributed by atoms with Crippen LogP contribution < -0.4 is 10.6 Å². The molecule has 1 aromatic carbocycles. The lowest BCUT2D eigenvalue weighted by molar-refractivity contribution is -0.122. The van der Waals surface area contributed by atoms with Gasteiger partial charge in [-0.25, -0.2) is 0 Å². The molecule has 1 aromatic rings. The highest BCUT2D eigenvalue weighted by atomic mass is 35.5. The number of amides is 1. The molecule has 1 atom stereocenters. The molecular weight excluding hydrogens is 326 g/mol. The first-order chi connectivity index (χ1) is 11.4. The largest absolute Gasteiger partial charge is 0.373 e. The maximum absolute atomic E-state index is 12.0. The van der Waals surface area contributed by atoms with Crippen LogP contribution in [0.25, 0.3) is 0 Å². The highest BCUT2D eigenvalue weighted by Gasteiger charge is 2.32. The lowest BCUT2D eigenvalue weighted by atomic mass is 10.0. The lowest BCUT2D eigenvalue weighted by Crippen LogP contribution is -2.51. The first kappa shape index (κ1) is 19.2. The van der Waals surface area contributed by atoms with Gasteiger partial charge >= 0.3 is 0 Å². The number of ether oxygens (including phenoxy) is 1. The first-order valence-corrected chi connectivity index (χ1v) is 8.84. The number of hydrogen-bond donors (Lipinski definition) is 2. The first-order valence-electron chi connectivity index (χ1n) is 8.46. The van der Waals surface area contributed by atoms with E-state index in [4.69, 9.17) is 16.3 Å². The highest BCUT2D eigenvalue weighted by molar-refractivity contribution is 6.30. The second kappa shape index (κ2) is 8.81. The van der Waals surface area contributed by atoms with E-state index in [0.29, 0.717) is 26.1 Å². The molecule has 1 aliphatic rings. The van der Waals surface area contributed by atoms with Gasteiger partial charge in [0.2, 0.25) is 5.91 Å². The van der Waals surface area contributed by atoms with E-state index in [2.05, 4.69) is 29.4 Å². The van der Waals surface area contributed by atoms with E-state index < -0.39 is 0 Å². The fraction of sp³-hybridized carbons (Fsp3) is 0.611. The van der Waals surface area contributed by atoms with Crippen molar-refractivity contribution in [3.63, 3.8) is 0 Å². The number of halogens is 1. The summed E-state index contributed by atoms with van der Waals surface area (Å²) >= 11 is 6.02. The number of nitrogens with one attached hydrogen (secondary N) is 2. The average molecular weight is 354 g/mol. The molecule has 1 aliphatic heterocycles. The van der Waals surface area contributed by atoms with Crippen LogP contribution in [0.3, 0.4) is 0 Å². The Bertz CT molecular complexity index is 534. The SMILES string of the molecule is CNCCC(=O)NCC(c1ccc(Cl)cc1)N1CCOC(C)(C)C1. The van der Waals surface area contributed by atoms with Crippen molar-refractivity contribution >= 4 is 17.5 Å². The van der Waals surface area contributed by atoms with Crippen molar-refractivity contribution in [3.8, 4) is 0 Å². The summed E-state index contributed by atoms with van der Waals surface area (Å²) in [5, 5.41) is 6.78. The Morgan fingerprint density at radius 3 is 2.71 bits per heavy atom. The summed E-state index contributed by atoms with van der Waals surface area (Å²) in [6, 6.07) is 7.99. The molecule has 0 aliphatic carbocycles.